The molecule has 0 saturated heterocycles. The van der Waals surface area contributed by atoms with E-state index in [4.69, 9.17) is 0 Å². The van der Waals surface area contributed by atoms with Crippen molar-refractivity contribution in [2.24, 2.45) is 0 Å². The molecule has 2 aliphatic rings. The molecule has 5 heteroatoms. The number of H-pyrrole nitrogens is 1. The second-order valence-corrected chi connectivity index (χ2v) is 9.00. The van der Waals surface area contributed by atoms with E-state index in [1.54, 1.807) is 0 Å². The molecule has 0 atom stereocenters. The minimum atomic E-state index is -0.0887. The summed E-state index contributed by atoms with van der Waals surface area (Å²) in [5.41, 5.74) is 3.82. The van der Waals surface area contributed by atoms with Gasteiger partial charge in [0.25, 0.3) is 5.56 Å². The SMILES string of the molecule is Cc1cc2cc(CN(C(=O)NC3CCCCC3)C3CCCC3)c(=O)[nH]c2cc1C. The molecular formula is C24H33N3O2. The highest BCUT2D eigenvalue weighted by Gasteiger charge is 2.29. The standard InChI is InChI=1S/C24H33N3O2/c1-16-12-18-14-19(23(28)26-22(18)13-17(16)2)15-27(21-10-6-7-11-21)24(29)25-20-8-4-3-5-9-20/h12-14,20-21H,3-11,15H2,1-2H3,(H,25,29)(H,26,28). The first-order chi connectivity index (χ1) is 14.0. The smallest absolute Gasteiger partial charge is 0.318 e. The summed E-state index contributed by atoms with van der Waals surface area (Å²) in [7, 11) is 0. The molecule has 4 rings (SSSR count). The summed E-state index contributed by atoms with van der Waals surface area (Å²) >= 11 is 0. The van der Waals surface area contributed by atoms with Crippen LogP contribution in [0.3, 0.4) is 0 Å². The number of amides is 2. The zero-order valence-corrected chi connectivity index (χ0v) is 17.7. The fourth-order valence-corrected chi connectivity index (χ4v) is 4.91. The number of rotatable bonds is 4. The topological polar surface area (TPSA) is 65.2 Å². The van der Waals surface area contributed by atoms with E-state index in [9.17, 15) is 9.59 Å². The van der Waals surface area contributed by atoms with Crippen molar-refractivity contribution in [3.05, 3.63) is 45.2 Å². The predicted octanol–water partition coefficient (Wildman–Crippen LogP) is 4.93. The Morgan fingerprint density at radius 3 is 2.38 bits per heavy atom. The molecule has 2 N–H and O–H groups in total. The molecule has 5 nitrogen and oxygen atoms in total. The van der Waals surface area contributed by atoms with Gasteiger partial charge in [0.05, 0.1) is 6.54 Å². The summed E-state index contributed by atoms with van der Waals surface area (Å²) in [6, 6.07) is 6.63. The van der Waals surface area contributed by atoms with Crippen LogP contribution in [0.15, 0.2) is 23.0 Å². The van der Waals surface area contributed by atoms with Gasteiger partial charge in [-0.15, -0.1) is 0 Å². The average molecular weight is 396 g/mol. The summed E-state index contributed by atoms with van der Waals surface area (Å²) in [5, 5.41) is 4.29. The molecule has 1 aromatic carbocycles. The third-order valence-electron chi connectivity index (χ3n) is 6.84. The van der Waals surface area contributed by atoms with Crippen LogP contribution >= 0.6 is 0 Å². The van der Waals surface area contributed by atoms with E-state index < -0.39 is 0 Å². The normalized spacial score (nSPS) is 18.3. The summed E-state index contributed by atoms with van der Waals surface area (Å²) in [5.74, 6) is 0. The molecule has 0 spiro atoms. The van der Waals surface area contributed by atoms with Crippen LogP contribution in [0.5, 0.6) is 0 Å². The Bertz CT molecular complexity index is 937. The maximum atomic E-state index is 13.2. The van der Waals surface area contributed by atoms with Crippen molar-refractivity contribution >= 4 is 16.9 Å². The summed E-state index contributed by atoms with van der Waals surface area (Å²) in [6.45, 7) is 4.52. The summed E-state index contributed by atoms with van der Waals surface area (Å²) in [4.78, 5) is 30.9. The van der Waals surface area contributed by atoms with Crippen LogP contribution in [0.1, 0.15) is 74.5 Å². The lowest BCUT2D eigenvalue weighted by molar-refractivity contribution is 0.164. The molecular weight excluding hydrogens is 362 g/mol. The molecule has 1 heterocycles. The van der Waals surface area contributed by atoms with Crippen molar-refractivity contribution in [2.45, 2.75) is 90.3 Å². The number of pyridine rings is 1. The number of hydrogen-bond donors (Lipinski definition) is 2. The summed E-state index contributed by atoms with van der Waals surface area (Å²) < 4.78 is 0. The lowest BCUT2D eigenvalue weighted by Crippen LogP contribution is -2.49. The lowest BCUT2D eigenvalue weighted by atomic mass is 9.96. The quantitative estimate of drug-likeness (QED) is 0.771. The zero-order chi connectivity index (χ0) is 20.4. The van der Waals surface area contributed by atoms with Gasteiger partial charge in [-0.3, -0.25) is 4.79 Å². The number of urea groups is 1. The number of aryl methyl sites for hydroxylation is 2. The first kappa shape index (κ1) is 20.0. The number of carbonyl (C=O) groups excluding carboxylic acids is 1. The van der Waals surface area contributed by atoms with Crippen LogP contribution in [-0.2, 0) is 6.54 Å². The third-order valence-corrected chi connectivity index (χ3v) is 6.84. The van der Waals surface area contributed by atoms with Gasteiger partial charge in [-0.25, -0.2) is 4.79 Å². The Hall–Kier alpha value is -2.30. The maximum Gasteiger partial charge on any atom is 0.318 e. The van der Waals surface area contributed by atoms with Gasteiger partial charge in [-0.1, -0.05) is 32.1 Å². The first-order valence-electron chi connectivity index (χ1n) is 11.2. The third kappa shape index (κ3) is 4.49. The minimum Gasteiger partial charge on any atom is -0.335 e. The maximum absolute atomic E-state index is 13.2. The second kappa shape index (κ2) is 8.60. The first-order valence-corrected chi connectivity index (χ1v) is 11.2. The predicted molar refractivity (Wildman–Crippen MR) is 117 cm³/mol. The molecule has 1 aromatic heterocycles. The van der Waals surface area contributed by atoms with Gasteiger partial charge < -0.3 is 15.2 Å². The van der Waals surface area contributed by atoms with Crippen LogP contribution in [0.4, 0.5) is 4.79 Å². The molecule has 2 aromatic rings. The molecule has 2 aliphatic carbocycles. The van der Waals surface area contributed by atoms with Crippen molar-refractivity contribution in [3.63, 3.8) is 0 Å². The van der Waals surface area contributed by atoms with Crippen LogP contribution < -0.4 is 10.9 Å². The fourth-order valence-electron chi connectivity index (χ4n) is 4.91. The molecule has 2 amide bonds. The highest BCUT2D eigenvalue weighted by molar-refractivity contribution is 5.81. The zero-order valence-electron chi connectivity index (χ0n) is 17.7. The molecule has 0 bridgehead atoms. The van der Waals surface area contributed by atoms with E-state index >= 15 is 0 Å². The van der Waals surface area contributed by atoms with Gasteiger partial charge >= 0.3 is 6.03 Å². The molecule has 2 saturated carbocycles. The van der Waals surface area contributed by atoms with Gasteiger partial charge in [0, 0.05) is 23.2 Å². The number of aromatic amines is 1. The van der Waals surface area contributed by atoms with E-state index in [1.165, 1.54) is 30.4 Å². The second-order valence-electron chi connectivity index (χ2n) is 9.00. The molecule has 29 heavy (non-hydrogen) atoms. The van der Waals surface area contributed by atoms with Crippen LogP contribution in [0.25, 0.3) is 10.9 Å². The number of aromatic nitrogens is 1. The number of nitrogens with one attached hydrogen (secondary N) is 2. The van der Waals surface area contributed by atoms with E-state index in [2.05, 4.69) is 30.2 Å². The largest absolute Gasteiger partial charge is 0.335 e. The molecule has 0 unspecified atom stereocenters. The highest BCUT2D eigenvalue weighted by Crippen LogP contribution is 2.26. The number of benzene rings is 1. The van der Waals surface area contributed by atoms with E-state index in [1.807, 2.05) is 17.0 Å². The van der Waals surface area contributed by atoms with Crippen LogP contribution in [0, 0.1) is 13.8 Å². The lowest BCUT2D eigenvalue weighted by Gasteiger charge is -2.32. The van der Waals surface area contributed by atoms with Gasteiger partial charge in [0.1, 0.15) is 0 Å². The molecule has 0 radical (unpaired) electrons. The number of nitrogens with zero attached hydrogens (tertiary/aromatic N) is 1. The van der Waals surface area contributed by atoms with Gasteiger partial charge in [-0.05, 0) is 74.2 Å². The number of hydrogen-bond acceptors (Lipinski definition) is 2. The van der Waals surface area contributed by atoms with Crippen molar-refractivity contribution < 1.29 is 4.79 Å². The molecule has 0 aliphatic heterocycles. The summed E-state index contributed by atoms with van der Waals surface area (Å²) in [6.07, 6.45) is 10.2. The Morgan fingerprint density at radius 1 is 1.00 bits per heavy atom. The Morgan fingerprint density at radius 2 is 1.66 bits per heavy atom. The van der Waals surface area contributed by atoms with Gasteiger partial charge in [0.15, 0.2) is 0 Å². The van der Waals surface area contributed by atoms with Crippen molar-refractivity contribution in [3.8, 4) is 0 Å². The van der Waals surface area contributed by atoms with Gasteiger partial charge in [0.2, 0.25) is 0 Å². The van der Waals surface area contributed by atoms with Crippen molar-refractivity contribution in [1.82, 2.24) is 15.2 Å². The molecule has 2 fully saturated rings. The Kier molecular flexibility index (Phi) is 5.93. The Balaban J connectivity index is 1.59. The average Bonchev–Trinajstić information content (AvgIpc) is 3.23. The number of carbonyl (C=O) groups is 1. The van der Waals surface area contributed by atoms with Crippen LogP contribution in [0.2, 0.25) is 0 Å². The van der Waals surface area contributed by atoms with Crippen molar-refractivity contribution in [2.75, 3.05) is 0 Å². The fraction of sp³-hybridized carbons (Fsp3) is 0.583. The van der Waals surface area contributed by atoms with Crippen LogP contribution in [-0.4, -0.2) is 28.0 Å². The highest BCUT2D eigenvalue weighted by atomic mass is 16.2. The Labute approximate surface area is 172 Å². The minimum absolute atomic E-state index is 0.00313. The van der Waals surface area contributed by atoms with Gasteiger partial charge in [-0.2, -0.15) is 0 Å². The van der Waals surface area contributed by atoms with E-state index in [0.717, 1.165) is 49.4 Å². The van der Waals surface area contributed by atoms with Crippen molar-refractivity contribution in [1.29, 1.82) is 0 Å². The number of fused-ring (bicyclic) bond motifs is 1. The van der Waals surface area contributed by atoms with E-state index in [0.29, 0.717) is 12.1 Å². The van der Waals surface area contributed by atoms with E-state index in [-0.39, 0.29) is 23.7 Å². The monoisotopic (exact) mass is 395 g/mol. The molecule has 156 valence electrons.